The van der Waals surface area contributed by atoms with Crippen LogP contribution in [0.5, 0.6) is 11.5 Å². The summed E-state index contributed by atoms with van der Waals surface area (Å²) in [5.74, 6) is 1.28. The van der Waals surface area contributed by atoms with Crippen LogP contribution in [0.1, 0.15) is 18.1 Å². The van der Waals surface area contributed by atoms with E-state index in [9.17, 15) is 0 Å². The van der Waals surface area contributed by atoms with Gasteiger partial charge in [0.15, 0.2) is 16.6 Å². The van der Waals surface area contributed by atoms with Crippen molar-refractivity contribution in [1.29, 1.82) is 0 Å². The first-order valence-electron chi connectivity index (χ1n) is 7.75. The minimum Gasteiger partial charge on any atom is -0.493 e. The summed E-state index contributed by atoms with van der Waals surface area (Å²) in [7, 11) is 1.61. The molecule has 0 spiro atoms. The molecule has 0 radical (unpaired) electrons. The van der Waals surface area contributed by atoms with Crippen LogP contribution >= 0.6 is 28.1 Å². The molecule has 0 bridgehead atoms. The van der Waals surface area contributed by atoms with Gasteiger partial charge >= 0.3 is 0 Å². The van der Waals surface area contributed by atoms with Gasteiger partial charge in [-0.2, -0.15) is 5.10 Å². The van der Waals surface area contributed by atoms with Crippen LogP contribution in [0.25, 0.3) is 0 Å². The predicted molar refractivity (Wildman–Crippen MR) is 108 cm³/mol. The summed E-state index contributed by atoms with van der Waals surface area (Å²) in [6, 6.07) is 13.6. The highest BCUT2D eigenvalue weighted by atomic mass is 79.9. The lowest BCUT2D eigenvalue weighted by atomic mass is 10.2. The molecule has 0 fully saturated rings. The molecule has 0 atom stereocenters. The molecule has 2 N–H and O–H groups in total. The highest BCUT2D eigenvalue weighted by Crippen LogP contribution is 2.30. The molecule has 0 aromatic heterocycles. The Balaban J connectivity index is 2.13. The zero-order chi connectivity index (χ0) is 18.1. The topological polar surface area (TPSA) is 54.9 Å². The highest BCUT2D eigenvalue weighted by Gasteiger charge is 2.09. The van der Waals surface area contributed by atoms with E-state index in [0.29, 0.717) is 23.2 Å². The SMILES string of the molecule is CCNC(=S)NN=Cc1cccc(OC)c1OCc1ccc(Br)cc1. The van der Waals surface area contributed by atoms with Gasteiger partial charge in [0, 0.05) is 16.6 Å². The largest absolute Gasteiger partial charge is 0.493 e. The standard InChI is InChI=1S/C18H20BrN3O2S/c1-3-20-18(25)22-21-11-14-5-4-6-16(23-2)17(14)24-12-13-7-9-15(19)10-8-13/h4-11H,3,12H2,1-2H3,(H2,20,22,25). The van der Waals surface area contributed by atoms with E-state index in [1.165, 1.54) is 0 Å². The van der Waals surface area contributed by atoms with Gasteiger partial charge in [-0.1, -0.05) is 34.1 Å². The van der Waals surface area contributed by atoms with Crippen LogP contribution in [0.15, 0.2) is 52.0 Å². The number of halogens is 1. The monoisotopic (exact) mass is 421 g/mol. The average molecular weight is 422 g/mol. The van der Waals surface area contributed by atoms with Gasteiger partial charge < -0.3 is 14.8 Å². The van der Waals surface area contributed by atoms with Gasteiger partial charge in [0.1, 0.15) is 6.61 Å². The maximum absolute atomic E-state index is 5.98. The number of thiocarbonyl (C=S) groups is 1. The van der Waals surface area contributed by atoms with Gasteiger partial charge in [-0.05, 0) is 49.0 Å². The summed E-state index contributed by atoms with van der Waals surface area (Å²) >= 11 is 8.51. The van der Waals surface area contributed by atoms with E-state index < -0.39 is 0 Å². The molecule has 2 rings (SSSR count). The van der Waals surface area contributed by atoms with Crippen LogP contribution in [0, 0.1) is 0 Å². The second kappa shape index (κ2) is 10.0. The Morgan fingerprint density at radius 2 is 2.00 bits per heavy atom. The van der Waals surface area contributed by atoms with Crippen molar-refractivity contribution in [2.45, 2.75) is 13.5 Å². The number of methoxy groups -OCH3 is 1. The molecule has 2 aromatic rings. The fourth-order valence-corrected chi connectivity index (χ4v) is 2.51. The van der Waals surface area contributed by atoms with E-state index >= 15 is 0 Å². The van der Waals surface area contributed by atoms with Crippen LogP contribution in [0.3, 0.4) is 0 Å². The Kier molecular flexibility index (Phi) is 7.69. The first-order chi connectivity index (χ1) is 12.1. The molecule has 2 aromatic carbocycles. The Morgan fingerprint density at radius 3 is 2.68 bits per heavy atom. The molecule has 5 nitrogen and oxygen atoms in total. The molecular weight excluding hydrogens is 402 g/mol. The number of hydrogen-bond donors (Lipinski definition) is 2. The lowest BCUT2D eigenvalue weighted by Gasteiger charge is -2.13. The summed E-state index contributed by atoms with van der Waals surface area (Å²) < 4.78 is 12.4. The van der Waals surface area contributed by atoms with Gasteiger partial charge in [0.25, 0.3) is 0 Å². The molecule has 0 saturated carbocycles. The Morgan fingerprint density at radius 1 is 1.24 bits per heavy atom. The van der Waals surface area contributed by atoms with Crippen molar-refractivity contribution in [3.05, 3.63) is 58.1 Å². The average Bonchev–Trinajstić information content (AvgIpc) is 2.62. The summed E-state index contributed by atoms with van der Waals surface area (Å²) in [4.78, 5) is 0. The van der Waals surface area contributed by atoms with E-state index in [0.717, 1.165) is 22.1 Å². The predicted octanol–water partition coefficient (Wildman–Crippen LogP) is 3.85. The second-order valence-corrected chi connectivity index (χ2v) is 6.35. The second-order valence-electron chi connectivity index (χ2n) is 5.02. The van der Waals surface area contributed by atoms with Crippen LogP contribution in [0.4, 0.5) is 0 Å². The van der Waals surface area contributed by atoms with Gasteiger partial charge in [-0.3, -0.25) is 5.43 Å². The third-order valence-electron chi connectivity index (χ3n) is 3.23. The fraction of sp³-hybridized carbons (Fsp3) is 0.222. The smallest absolute Gasteiger partial charge is 0.186 e. The van der Waals surface area contributed by atoms with Crippen molar-refractivity contribution < 1.29 is 9.47 Å². The quantitative estimate of drug-likeness (QED) is 0.403. The van der Waals surface area contributed by atoms with Crippen LogP contribution in [0.2, 0.25) is 0 Å². The number of benzene rings is 2. The number of rotatable bonds is 7. The number of hydrogen-bond acceptors (Lipinski definition) is 4. The van der Waals surface area contributed by atoms with Crippen LogP contribution < -0.4 is 20.2 Å². The summed E-state index contributed by atoms with van der Waals surface area (Å²) in [6.07, 6.45) is 1.66. The zero-order valence-corrected chi connectivity index (χ0v) is 16.5. The molecule has 0 unspecified atom stereocenters. The minimum absolute atomic E-state index is 0.428. The third kappa shape index (κ3) is 6.03. The Hall–Kier alpha value is -2.12. The molecular formula is C18H20BrN3O2S. The maximum Gasteiger partial charge on any atom is 0.186 e. The number of nitrogens with one attached hydrogen (secondary N) is 2. The molecule has 132 valence electrons. The molecule has 0 aliphatic carbocycles. The lowest BCUT2D eigenvalue weighted by Crippen LogP contribution is -2.31. The molecule has 0 amide bonds. The Bertz CT molecular complexity index is 736. The lowest BCUT2D eigenvalue weighted by molar-refractivity contribution is 0.284. The number of hydrazone groups is 1. The van der Waals surface area contributed by atoms with Crippen molar-refractivity contribution in [3.8, 4) is 11.5 Å². The summed E-state index contributed by atoms with van der Waals surface area (Å²) in [5, 5.41) is 7.58. The van der Waals surface area contributed by atoms with E-state index in [4.69, 9.17) is 21.7 Å². The first-order valence-corrected chi connectivity index (χ1v) is 8.95. The van der Waals surface area contributed by atoms with E-state index in [1.807, 2.05) is 49.4 Å². The first kappa shape index (κ1) is 19.2. The van der Waals surface area contributed by atoms with Crippen LogP contribution in [-0.2, 0) is 6.61 Å². The minimum atomic E-state index is 0.428. The number of ether oxygens (including phenoxy) is 2. The number of nitrogens with zero attached hydrogens (tertiary/aromatic N) is 1. The summed E-state index contributed by atoms with van der Waals surface area (Å²) in [5.41, 5.74) is 4.62. The number of para-hydroxylation sites is 1. The highest BCUT2D eigenvalue weighted by molar-refractivity contribution is 9.10. The van der Waals surface area contributed by atoms with E-state index in [-0.39, 0.29) is 0 Å². The van der Waals surface area contributed by atoms with Crippen molar-refractivity contribution in [1.82, 2.24) is 10.7 Å². The normalized spacial score (nSPS) is 10.5. The van der Waals surface area contributed by atoms with Crippen LogP contribution in [-0.4, -0.2) is 25.0 Å². The Labute approximate surface area is 161 Å². The molecule has 7 heteroatoms. The van der Waals surface area contributed by atoms with Crippen molar-refractivity contribution in [2.24, 2.45) is 5.10 Å². The maximum atomic E-state index is 5.98. The molecule has 0 aliphatic heterocycles. The molecule has 0 heterocycles. The summed E-state index contributed by atoms with van der Waals surface area (Å²) in [6.45, 7) is 3.13. The van der Waals surface area contributed by atoms with Gasteiger partial charge in [0.05, 0.1) is 13.3 Å². The van der Waals surface area contributed by atoms with Crippen molar-refractivity contribution in [2.75, 3.05) is 13.7 Å². The van der Waals surface area contributed by atoms with E-state index in [1.54, 1.807) is 13.3 Å². The van der Waals surface area contributed by atoms with Crippen molar-refractivity contribution in [3.63, 3.8) is 0 Å². The third-order valence-corrected chi connectivity index (χ3v) is 4.00. The fourth-order valence-electron chi connectivity index (χ4n) is 2.05. The van der Waals surface area contributed by atoms with Gasteiger partial charge in [-0.15, -0.1) is 0 Å². The molecule has 0 saturated heterocycles. The van der Waals surface area contributed by atoms with Gasteiger partial charge in [0.2, 0.25) is 0 Å². The zero-order valence-electron chi connectivity index (χ0n) is 14.1. The molecule has 25 heavy (non-hydrogen) atoms. The van der Waals surface area contributed by atoms with Crippen molar-refractivity contribution >= 4 is 39.5 Å². The van der Waals surface area contributed by atoms with E-state index in [2.05, 4.69) is 31.8 Å². The molecule has 0 aliphatic rings. The van der Waals surface area contributed by atoms with Gasteiger partial charge in [-0.25, -0.2) is 0 Å².